The van der Waals surface area contributed by atoms with Crippen LogP contribution >= 0.6 is 0 Å². The van der Waals surface area contributed by atoms with Crippen LogP contribution in [0.5, 0.6) is 0 Å². The monoisotopic (exact) mass is 291 g/mol. The molecule has 4 nitrogen and oxygen atoms in total. The van der Waals surface area contributed by atoms with Crippen LogP contribution in [0.15, 0.2) is 0 Å². The SMILES string of the molecule is CCCNC(CCCS(=O)(=O)CC)C(OC)C1CC1. The maximum absolute atomic E-state index is 11.5. The van der Waals surface area contributed by atoms with Crippen LogP contribution in [-0.2, 0) is 14.6 Å². The summed E-state index contributed by atoms with van der Waals surface area (Å²) < 4.78 is 28.7. The molecule has 0 amide bonds. The maximum Gasteiger partial charge on any atom is 0.150 e. The Bertz CT molecular complexity index is 339. The molecule has 19 heavy (non-hydrogen) atoms. The third-order valence-electron chi connectivity index (χ3n) is 3.82. The van der Waals surface area contributed by atoms with Gasteiger partial charge in [-0.1, -0.05) is 13.8 Å². The summed E-state index contributed by atoms with van der Waals surface area (Å²) in [4.78, 5) is 0. The molecule has 0 bridgehead atoms. The van der Waals surface area contributed by atoms with Crippen molar-refractivity contribution in [2.75, 3.05) is 25.2 Å². The average molecular weight is 291 g/mol. The van der Waals surface area contributed by atoms with E-state index in [1.165, 1.54) is 12.8 Å². The molecule has 1 aliphatic carbocycles. The normalized spacial score (nSPS) is 19.3. The number of rotatable bonds is 11. The molecule has 1 fully saturated rings. The summed E-state index contributed by atoms with van der Waals surface area (Å²) in [6, 6.07) is 0.296. The van der Waals surface area contributed by atoms with Crippen molar-refractivity contribution >= 4 is 9.84 Å². The molecular formula is C14H29NO3S. The van der Waals surface area contributed by atoms with Crippen molar-refractivity contribution in [1.82, 2.24) is 5.32 Å². The van der Waals surface area contributed by atoms with Gasteiger partial charge in [-0.2, -0.15) is 0 Å². The maximum atomic E-state index is 11.5. The lowest BCUT2D eigenvalue weighted by Crippen LogP contribution is -2.42. The molecule has 1 rings (SSSR count). The Balaban J connectivity index is 2.44. The van der Waals surface area contributed by atoms with Gasteiger partial charge in [0.15, 0.2) is 0 Å². The van der Waals surface area contributed by atoms with E-state index in [0.29, 0.717) is 17.7 Å². The molecule has 2 atom stereocenters. The zero-order valence-corrected chi connectivity index (χ0v) is 13.3. The van der Waals surface area contributed by atoms with E-state index >= 15 is 0 Å². The van der Waals surface area contributed by atoms with Crippen LogP contribution in [0, 0.1) is 5.92 Å². The Morgan fingerprint density at radius 1 is 1.32 bits per heavy atom. The quantitative estimate of drug-likeness (QED) is 0.632. The van der Waals surface area contributed by atoms with Gasteiger partial charge >= 0.3 is 0 Å². The molecule has 0 aromatic carbocycles. The van der Waals surface area contributed by atoms with Gasteiger partial charge in [-0.05, 0) is 44.6 Å². The summed E-state index contributed by atoms with van der Waals surface area (Å²) in [5.74, 6) is 1.22. The molecule has 0 radical (unpaired) electrons. The molecule has 1 aliphatic rings. The van der Waals surface area contributed by atoms with E-state index < -0.39 is 9.84 Å². The highest BCUT2D eigenvalue weighted by atomic mass is 32.2. The number of sulfone groups is 1. The topological polar surface area (TPSA) is 55.4 Å². The summed E-state index contributed by atoms with van der Waals surface area (Å²) in [6.07, 6.45) is 5.44. The summed E-state index contributed by atoms with van der Waals surface area (Å²) in [5.41, 5.74) is 0. The van der Waals surface area contributed by atoms with Crippen molar-refractivity contribution < 1.29 is 13.2 Å². The number of hydrogen-bond donors (Lipinski definition) is 1. The second kappa shape index (κ2) is 8.22. The molecular weight excluding hydrogens is 262 g/mol. The highest BCUT2D eigenvalue weighted by Crippen LogP contribution is 2.36. The fourth-order valence-corrected chi connectivity index (χ4v) is 3.38. The van der Waals surface area contributed by atoms with E-state index in [1.54, 1.807) is 14.0 Å². The van der Waals surface area contributed by atoms with Crippen molar-refractivity contribution in [2.24, 2.45) is 5.92 Å². The molecule has 0 heterocycles. The van der Waals surface area contributed by atoms with Gasteiger partial charge in [-0.25, -0.2) is 8.42 Å². The fraction of sp³-hybridized carbons (Fsp3) is 1.00. The first-order valence-electron chi connectivity index (χ1n) is 7.50. The minimum atomic E-state index is -2.84. The Morgan fingerprint density at radius 3 is 2.47 bits per heavy atom. The molecule has 0 aromatic heterocycles. The summed E-state index contributed by atoms with van der Waals surface area (Å²) in [6.45, 7) is 4.83. The highest BCUT2D eigenvalue weighted by Gasteiger charge is 2.36. The van der Waals surface area contributed by atoms with Crippen molar-refractivity contribution in [3.8, 4) is 0 Å². The molecule has 114 valence electrons. The Labute approximate surface area is 118 Å². The van der Waals surface area contributed by atoms with Crippen LogP contribution < -0.4 is 5.32 Å². The standard InChI is InChI=1S/C14H29NO3S/c1-4-10-15-13(14(18-3)12-8-9-12)7-6-11-19(16,17)5-2/h12-15H,4-11H2,1-3H3. The van der Waals surface area contributed by atoms with E-state index in [1.807, 2.05) is 0 Å². The Kier molecular flexibility index (Phi) is 7.32. The van der Waals surface area contributed by atoms with Gasteiger partial charge in [0, 0.05) is 18.9 Å². The van der Waals surface area contributed by atoms with Crippen LogP contribution in [-0.4, -0.2) is 45.7 Å². The van der Waals surface area contributed by atoms with Crippen LogP contribution in [0.1, 0.15) is 46.0 Å². The predicted octanol–water partition coefficient (Wildman–Crippen LogP) is 1.99. The van der Waals surface area contributed by atoms with Crippen molar-refractivity contribution in [3.05, 3.63) is 0 Å². The van der Waals surface area contributed by atoms with E-state index in [2.05, 4.69) is 12.2 Å². The smallest absolute Gasteiger partial charge is 0.150 e. The molecule has 1 N–H and O–H groups in total. The lowest BCUT2D eigenvalue weighted by Gasteiger charge is -2.27. The van der Waals surface area contributed by atoms with Gasteiger partial charge in [0.05, 0.1) is 11.9 Å². The first-order chi connectivity index (χ1) is 9.04. The number of nitrogens with one attached hydrogen (secondary N) is 1. The zero-order valence-electron chi connectivity index (χ0n) is 12.5. The van der Waals surface area contributed by atoms with Crippen molar-refractivity contribution in [1.29, 1.82) is 0 Å². The predicted molar refractivity (Wildman–Crippen MR) is 79.2 cm³/mol. The third-order valence-corrected chi connectivity index (χ3v) is 5.61. The molecule has 5 heteroatoms. The van der Waals surface area contributed by atoms with Gasteiger partial charge in [0.1, 0.15) is 9.84 Å². The zero-order chi connectivity index (χ0) is 14.3. The van der Waals surface area contributed by atoms with E-state index in [9.17, 15) is 8.42 Å². The average Bonchev–Trinajstić information content (AvgIpc) is 3.20. The Morgan fingerprint density at radius 2 is 2.00 bits per heavy atom. The van der Waals surface area contributed by atoms with Crippen LogP contribution in [0.25, 0.3) is 0 Å². The molecule has 0 saturated heterocycles. The fourth-order valence-electron chi connectivity index (χ4n) is 2.49. The van der Waals surface area contributed by atoms with Gasteiger partial charge in [-0.3, -0.25) is 0 Å². The van der Waals surface area contributed by atoms with E-state index in [4.69, 9.17) is 4.74 Å². The van der Waals surface area contributed by atoms with E-state index in [0.717, 1.165) is 25.8 Å². The van der Waals surface area contributed by atoms with Gasteiger partial charge in [0.2, 0.25) is 0 Å². The van der Waals surface area contributed by atoms with Crippen molar-refractivity contribution in [2.45, 2.75) is 58.1 Å². The first-order valence-corrected chi connectivity index (χ1v) is 9.32. The summed E-state index contributed by atoms with van der Waals surface area (Å²) >= 11 is 0. The Hall–Kier alpha value is -0.130. The molecule has 0 aliphatic heterocycles. The highest BCUT2D eigenvalue weighted by molar-refractivity contribution is 7.91. The minimum absolute atomic E-state index is 0.246. The summed E-state index contributed by atoms with van der Waals surface area (Å²) in [7, 11) is -1.07. The molecule has 2 unspecified atom stereocenters. The lowest BCUT2D eigenvalue weighted by molar-refractivity contribution is 0.0482. The van der Waals surface area contributed by atoms with E-state index in [-0.39, 0.29) is 11.9 Å². The second-order valence-electron chi connectivity index (χ2n) is 5.48. The van der Waals surface area contributed by atoms with Gasteiger partial charge in [0.25, 0.3) is 0 Å². The largest absolute Gasteiger partial charge is 0.380 e. The van der Waals surface area contributed by atoms with Crippen molar-refractivity contribution in [3.63, 3.8) is 0 Å². The molecule has 0 spiro atoms. The lowest BCUT2D eigenvalue weighted by atomic mass is 10.0. The molecule has 0 aromatic rings. The summed E-state index contributed by atoms with van der Waals surface area (Å²) in [5, 5.41) is 3.53. The van der Waals surface area contributed by atoms with Gasteiger partial charge < -0.3 is 10.1 Å². The van der Waals surface area contributed by atoms with Crippen LogP contribution in [0.2, 0.25) is 0 Å². The third kappa shape index (κ3) is 6.23. The molecule has 1 saturated carbocycles. The number of methoxy groups -OCH3 is 1. The minimum Gasteiger partial charge on any atom is -0.380 e. The number of hydrogen-bond acceptors (Lipinski definition) is 4. The van der Waals surface area contributed by atoms with Crippen LogP contribution in [0.4, 0.5) is 0 Å². The van der Waals surface area contributed by atoms with Gasteiger partial charge in [-0.15, -0.1) is 0 Å². The second-order valence-corrected chi connectivity index (χ2v) is 7.95. The number of ether oxygens (including phenoxy) is 1. The first kappa shape index (κ1) is 16.9. The van der Waals surface area contributed by atoms with Crippen LogP contribution in [0.3, 0.4) is 0 Å².